The number of nitrogens with zero attached hydrogens (tertiary/aromatic N) is 1. The molecule has 1 heterocycles. The second kappa shape index (κ2) is 12.1. The Morgan fingerprint density at radius 2 is 1.73 bits per heavy atom. The number of piperidine rings is 1. The van der Waals surface area contributed by atoms with Crippen LogP contribution in [0, 0.1) is 0 Å². The zero-order valence-corrected chi connectivity index (χ0v) is 22.7. The zero-order valence-electron chi connectivity index (χ0n) is 21.9. The number of aliphatic hydroxyl groups is 2. The van der Waals surface area contributed by atoms with E-state index in [2.05, 4.69) is 28.4 Å². The van der Waals surface area contributed by atoms with Crippen LogP contribution in [0.25, 0.3) is 0 Å². The molecule has 0 spiro atoms. The molecule has 0 saturated carbocycles. The average Bonchev–Trinajstić information content (AvgIpc) is 2.88. The van der Waals surface area contributed by atoms with Crippen LogP contribution in [0.3, 0.4) is 0 Å². The van der Waals surface area contributed by atoms with Crippen LogP contribution in [0.2, 0.25) is 0 Å². The predicted octanol–water partition coefficient (Wildman–Crippen LogP) is 3.49. The third-order valence-corrected chi connectivity index (χ3v) is 9.39. The smallest absolute Gasteiger partial charge is 0.252 e. The quantitative estimate of drug-likeness (QED) is 0.460. The first-order chi connectivity index (χ1) is 17.6. The van der Waals surface area contributed by atoms with Crippen molar-refractivity contribution in [2.75, 3.05) is 18.8 Å². The zero-order chi connectivity index (χ0) is 26.6. The minimum atomic E-state index is -3.87. The summed E-state index contributed by atoms with van der Waals surface area (Å²) in [5.74, 6) is -1.23. The average molecular weight is 529 g/mol. The molecule has 1 amide bonds. The van der Waals surface area contributed by atoms with Gasteiger partial charge in [0.15, 0.2) is 15.9 Å². The maximum absolute atomic E-state index is 12.8. The van der Waals surface area contributed by atoms with E-state index in [0.29, 0.717) is 0 Å². The van der Waals surface area contributed by atoms with Crippen LogP contribution in [-0.4, -0.2) is 60.5 Å². The van der Waals surface area contributed by atoms with Crippen LogP contribution < -0.4 is 5.32 Å². The lowest BCUT2D eigenvalue weighted by Gasteiger charge is -2.30. The van der Waals surface area contributed by atoms with Gasteiger partial charge in [-0.1, -0.05) is 50.6 Å². The number of hydrogen-bond acceptors (Lipinski definition) is 6. The normalized spacial score (nSPS) is 20.3. The van der Waals surface area contributed by atoms with Crippen LogP contribution in [0.4, 0.5) is 0 Å². The summed E-state index contributed by atoms with van der Waals surface area (Å²) in [5.41, 5.74) is 4.51. The molecule has 202 valence electrons. The number of carbonyl (C=O) groups excluding carboxylic acids is 1. The van der Waals surface area contributed by atoms with E-state index in [0.717, 1.165) is 50.0 Å². The lowest BCUT2D eigenvalue weighted by Crippen LogP contribution is -2.46. The van der Waals surface area contributed by atoms with Crippen molar-refractivity contribution in [3.8, 4) is 0 Å². The second-order valence-electron chi connectivity index (χ2n) is 10.8. The first-order valence-electron chi connectivity index (χ1n) is 13.5. The molecule has 1 fully saturated rings. The third kappa shape index (κ3) is 6.99. The van der Waals surface area contributed by atoms with Crippen molar-refractivity contribution < 1.29 is 23.4 Å². The predicted molar refractivity (Wildman–Crippen MR) is 144 cm³/mol. The van der Waals surface area contributed by atoms with Gasteiger partial charge >= 0.3 is 0 Å². The lowest BCUT2D eigenvalue weighted by molar-refractivity contribution is -0.135. The van der Waals surface area contributed by atoms with Crippen LogP contribution >= 0.6 is 0 Å². The Morgan fingerprint density at radius 1 is 1.03 bits per heavy atom. The fraction of sp³-hybridized carbons (Fsp3) is 0.552. The molecule has 1 aliphatic heterocycles. The number of benzene rings is 2. The summed E-state index contributed by atoms with van der Waals surface area (Å²) in [4.78, 5) is 15.4. The fourth-order valence-corrected chi connectivity index (χ4v) is 6.77. The van der Waals surface area contributed by atoms with Crippen molar-refractivity contribution >= 4 is 15.7 Å². The molecule has 2 aliphatic rings. The molecule has 0 radical (unpaired) electrons. The van der Waals surface area contributed by atoms with Crippen molar-refractivity contribution in [2.24, 2.45) is 0 Å². The van der Waals surface area contributed by atoms with E-state index in [4.69, 9.17) is 0 Å². The van der Waals surface area contributed by atoms with Gasteiger partial charge in [-0.05, 0) is 85.5 Å². The number of aliphatic hydroxyl groups excluding tert-OH is 2. The van der Waals surface area contributed by atoms with Gasteiger partial charge < -0.3 is 15.5 Å². The van der Waals surface area contributed by atoms with Crippen molar-refractivity contribution in [1.29, 1.82) is 0 Å². The highest BCUT2D eigenvalue weighted by Gasteiger charge is 2.32. The molecule has 2 aromatic rings. The van der Waals surface area contributed by atoms with Crippen LogP contribution in [-0.2, 0) is 27.6 Å². The molecule has 37 heavy (non-hydrogen) atoms. The van der Waals surface area contributed by atoms with Crippen molar-refractivity contribution in [3.63, 3.8) is 0 Å². The number of nitrogens with one attached hydrogen (secondary N) is 1. The number of aryl methyl sites for hydroxylation is 1. The third-order valence-electron chi connectivity index (χ3n) is 7.62. The Labute approximate surface area is 220 Å². The Kier molecular flexibility index (Phi) is 9.06. The summed E-state index contributed by atoms with van der Waals surface area (Å²) in [6.45, 7) is 7.23. The molecule has 1 aliphatic carbocycles. The minimum absolute atomic E-state index is 0.0603. The number of rotatable bonds is 9. The standard InChI is InChI=1S/C29H40N2O5S/c1-20(2)22-10-12-24(13-11-22)37(35,36)19-27(32)28(33)29(34)30-26-8-6-7-23-17-21(9-14-25(23)26)18-31-15-4-3-5-16-31/h9-14,17,20,26-28,32-33H,3-8,15-16,18-19H2,1-2H3,(H,30,34)/t26-,27-,28-/m1/s1. The van der Waals surface area contributed by atoms with E-state index in [9.17, 15) is 23.4 Å². The fourth-order valence-electron chi connectivity index (χ4n) is 5.40. The van der Waals surface area contributed by atoms with E-state index in [1.54, 1.807) is 12.1 Å². The summed E-state index contributed by atoms with van der Waals surface area (Å²) in [6.07, 6.45) is 2.81. The van der Waals surface area contributed by atoms with Crippen LogP contribution in [0.5, 0.6) is 0 Å². The van der Waals surface area contributed by atoms with Gasteiger partial charge in [-0.2, -0.15) is 0 Å². The maximum Gasteiger partial charge on any atom is 0.252 e. The number of fused-ring (bicyclic) bond motifs is 1. The van der Waals surface area contributed by atoms with Gasteiger partial charge in [0.05, 0.1) is 16.7 Å². The summed E-state index contributed by atoms with van der Waals surface area (Å²) >= 11 is 0. The van der Waals surface area contributed by atoms with Crippen LogP contribution in [0.15, 0.2) is 47.4 Å². The van der Waals surface area contributed by atoms with Crippen molar-refractivity contribution in [2.45, 2.75) is 88.0 Å². The number of likely N-dealkylation sites (tertiary alicyclic amines) is 1. The Balaban J connectivity index is 1.37. The lowest BCUT2D eigenvalue weighted by atomic mass is 9.86. The molecule has 3 N–H and O–H groups in total. The van der Waals surface area contributed by atoms with Gasteiger partial charge in [0.1, 0.15) is 6.10 Å². The molecule has 1 saturated heterocycles. The maximum atomic E-state index is 12.8. The van der Waals surface area contributed by atoms with Crippen molar-refractivity contribution in [3.05, 3.63) is 64.7 Å². The number of amides is 1. The Morgan fingerprint density at radius 3 is 2.41 bits per heavy atom. The molecule has 2 aromatic carbocycles. The van der Waals surface area contributed by atoms with Gasteiger partial charge in [0.25, 0.3) is 5.91 Å². The molecular formula is C29H40N2O5S. The van der Waals surface area contributed by atoms with Crippen molar-refractivity contribution in [1.82, 2.24) is 10.2 Å². The highest BCUT2D eigenvalue weighted by atomic mass is 32.2. The van der Waals surface area contributed by atoms with E-state index >= 15 is 0 Å². The number of hydrogen-bond donors (Lipinski definition) is 3. The number of sulfone groups is 1. The summed E-state index contributed by atoms with van der Waals surface area (Å²) in [6, 6.07) is 12.6. The highest BCUT2D eigenvalue weighted by molar-refractivity contribution is 7.91. The monoisotopic (exact) mass is 528 g/mol. The molecule has 0 unspecified atom stereocenters. The summed E-state index contributed by atoms with van der Waals surface area (Å²) in [7, 11) is -3.87. The SMILES string of the molecule is CC(C)c1ccc(S(=O)(=O)C[C@@H](O)[C@@H](O)C(=O)N[C@@H]2CCCc3cc(CN4CCCCC4)ccc32)cc1. The Hall–Kier alpha value is -2.26. The molecule has 0 bridgehead atoms. The molecule has 0 aromatic heterocycles. The molecule has 8 heteroatoms. The molecule has 7 nitrogen and oxygen atoms in total. The minimum Gasteiger partial charge on any atom is -0.389 e. The largest absolute Gasteiger partial charge is 0.389 e. The van der Waals surface area contributed by atoms with E-state index < -0.39 is 33.7 Å². The second-order valence-corrected chi connectivity index (χ2v) is 12.9. The highest BCUT2D eigenvalue weighted by Crippen LogP contribution is 2.31. The molecular weight excluding hydrogens is 488 g/mol. The first kappa shape index (κ1) is 27.8. The van der Waals surface area contributed by atoms with E-state index in [1.165, 1.54) is 42.5 Å². The van der Waals surface area contributed by atoms with Gasteiger partial charge in [-0.3, -0.25) is 9.69 Å². The summed E-state index contributed by atoms with van der Waals surface area (Å²) < 4.78 is 25.5. The van der Waals surface area contributed by atoms with E-state index in [1.807, 2.05) is 13.8 Å². The first-order valence-corrected chi connectivity index (χ1v) is 15.1. The molecule has 4 rings (SSSR count). The number of carbonyl (C=O) groups is 1. The summed E-state index contributed by atoms with van der Waals surface area (Å²) in [5, 5.41) is 23.8. The molecule has 3 atom stereocenters. The van der Waals surface area contributed by atoms with Gasteiger partial charge in [-0.25, -0.2) is 8.42 Å². The van der Waals surface area contributed by atoms with Gasteiger partial charge in [-0.15, -0.1) is 0 Å². The van der Waals surface area contributed by atoms with E-state index in [-0.39, 0.29) is 16.9 Å². The van der Waals surface area contributed by atoms with Crippen LogP contribution in [0.1, 0.15) is 80.2 Å². The Bertz CT molecular complexity index is 1170. The van der Waals surface area contributed by atoms with Gasteiger partial charge in [0, 0.05) is 6.54 Å². The topological polar surface area (TPSA) is 107 Å². The van der Waals surface area contributed by atoms with Gasteiger partial charge in [0.2, 0.25) is 0 Å².